The van der Waals surface area contributed by atoms with Crippen LogP contribution in [0.15, 0.2) is 11.8 Å². The Morgan fingerprint density at radius 2 is 2.07 bits per heavy atom. The molecule has 0 aliphatic heterocycles. The number of hydrogen-bond acceptors (Lipinski definition) is 3. The third kappa shape index (κ3) is 4.04. The molecular formula is C12H22N2O. The largest absolute Gasteiger partial charge is 0.384 e. The molecule has 0 saturated heterocycles. The predicted octanol–water partition coefficient (Wildman–Crippen LogP) is 1.55. The summed E-state index contributed by atoms with van der Waals surface area (Å²) in [5.41, 5.74) is 1.11. The van der Waals surface area contributed by atoms with Crippen molar-refractivity contribution in [2.24, 2.45) is 0 Å². The van der Waals surface area contributed by atoms with Crippen molar-refractivity contribution >= 4 is 5.78 Å². The van der Waals surface area contributed by atoms with Crippen molar-refractivity contribution in [1.29, 1.82) is 0 Å². The highest BCUT2D eigenvalue weighted by Crippen LogP contribution is 2.12. The Morgan fingerprint density at radius 1 is 1.40 bits per heavy atom. The van der Waals surface area contributed by atoms with Crippen molar-refractivity contribution in [1.82, 2.24) is 10.2 Å². The first kappa shape index (κ1) is 12.2. The average Bonchev–Trinajstić information content (AvgIpc) is 2.60. The first-order valence-electron chi connectivity index (χ1n) is 5.88. The summed E-state index contributed by atoms with van der Waals surface area (Å²) < 4.78 is 0. The third-order valence-corrected chi connectivity index (χ3v) is 2.83. The smallest absolute Gasteiger partial charge is 0.157 e. The molecule has 0 spiro atoms. The van der Waals surface area contributed by atoms with E-state index in [2.05, 4.69) is 31.0 Å². The van der Waals surface area contributed by atoms with Crippen LogP contribution in [0.4, 0.5) is 0 Å². The van der Waals surface area contributed by atoms with Gasteiger partial charge in [0.15, 0.2) is 5.78 Å². The van der Waals surface area contributed by atoms with Gasteiger partial charge in [0.05, 0.1) is 0 Å². The van der Waals surface area contributed by atoms with Gasteiger partial charge in [-0.2, -0.15) is 0 Å². The van der Waals surface area contributed by atoms with Gasteiger partial charge < -0.3 is 10.2 Å². The quantitative estimate of drug-likeness (QED) is 0.722. The highest BCUT2D eigenvalue weighted by atomic mass is 16.1. The summed E-state index contributed by atoms with van der Waals surface area (Å²) in [5, 5.41) is 3.41. The molecule has 0 amide bonds. The number of carbonyl (C=O) groups is 1. The van der Waals surface area contributed by atoms with Gasteiger partial charge in [-0.05, 0) is 26.4 Å². The first-order chi connectivity index (χ1) is 7.15. The fourth-order valence-electron chi connectivity index (χ4n) is 1.94. The van der Waals surface area contributed by atoms with Gasteiger partial charge >= 0.3 is 0 Å². The fourth-order valence-corrected chi connectivity index (χ4v) is 1.94. The third-order valence-electron chi connectivity index (χ3n) is 2.83. The molecule has 0 aromatic carbocycles. The van der Waals surface area contributed by atoms with Crippen LogP contribution in [0.2, 0.25) is 0 Å². The van der Waals surface area contributed by atoms with Crippen LogP contribution in [0.3, 0.4) is 0 Å². The van der Waals surface area contributed by atoms with E-state index in [1.54, 1.807) is 6.08 Å². The van der Waals surface area contributed by atoms with Crippen LogP contribution in [0.1, 0.15) is 33.6 Å². The Morgan fingerprint density at radius 3 is 2.53 bits per heavy atom. The highest BCUT2D eigenvalue weighted by Gasteiger charge is 2.14. The van der Waals surface area contributed by atoms with E-state index in [0.717, 1.165) is 31.8 Å². The molecule has 0 aromatic rings. The van der Waals surface area contributed by atoms with Gasteiger partial charge in [0.25, 0.3) is 0 Å². The minimum absolute atomic E-state index is 0.257. The van der Waals surface area contributed by atoms with E-state index in [-0.39, 0.29) is 5.78 Å². The zero-order chi connectivity index (χ0) is 11.3. The van der Waals surface area contributed by atoms with E-state index >= 15 is 0 Å². The van der Waals surface area contributed by atoms with Gasteiger partial charge in [-0.3, -0.25) is 4.79 Å². The molecule has 3 heteroatoms. The maximum Gasteiger partial charge on any atom is 0.157 e. The molecule has 15 heavy (non-hydrogen) atoms. The van der Waals surface area contributed by atoms with Crippen molar-refractivity contribution in [2.45, 2.75) is 39.7 Å². The van der Waals surface area contributed by atoms with Crippen molar-refractivity contribution < 1.29 is 4.79 Å². The monoisotopic (exact) mass is 210 g/mol. The zero-order valence-corrected chi connectivity index (χ0v) is 10.0. The second kappa shape index (κ2) is 5.91. The molecule has 1 aliphatic carbocycles. The first-order valence-corrected chi connectivity index (χ1v) is 5.88. The lowest BCUT2D eigenvalue weighted by molar-refractivity contribution is -0.114. The number of nitrogens with one attached hydrogen (secondary N) is 1. The van der Waals surface area contributed by atoms with Gasteiger partial charge in [0, 0.05) is 30.8 Å². The Balaban J connectivity index is 2.32. The number of rotatable bonds is 6. The number of hydrogen-bond donors (Lipinski definition) is 1. The molecule has 1 aliphatic rings. The van der Waals surface area contributed by atoms with Crippen molar-refractivity contribution in [3.05, 3.63) is 11.8 Å². The topological polar surface area (TPSA) is 32.3 Å². The van der Waals surface area contributed by atoms with Crippen LogP contribution in [0.25, 0.3) is 0 Å². The van der Waals surface area contributed by atoms with E-state index in [9.17, 15) is 4.79 Å². The Labute approximate surface area is 92.5 Å². The lowest BCUT2D eigenvalue weighted by Gasteiger charge is -2.24. The van der Waals surface area contributed by atoms with Gasteiger partial charge in [-0.25, -0.2) is 0 Å². The molecule has 1 N–H and O–H groups in total. The van der Waals surface area contributed by atoms with Gasteiger partial charge in [0.2, 0.25) is 0 Å². The molecule has 86 valence electrons. The lowest BCUT2D eigenvalue weighted by Crippen LogP contribution is -2.38. The van der Waals surface area contributed by atoms with Crippen LogP contribution in [-0.4, -0.2) is 36.4 Å². The summed E-state index contributed by atoms with van der Waals surface area (Å²) in [6.07, 6.45) is 3.32. The van der Waals surface area contributed by atoms with Crippen LogP contribution in [0.5, 0.6) is 0 Å². The van der Waals surface area contributed by atoms with Crippen LogP contribution in [0, 0.1) is 0 Å². The number of nitrogens with zero attached hydrogens (tertiary/aromatic N) is 1. The minimum atomic E-state index is 0.257. The molecular weight excluding hydrogens is 188 g/mol. The van der Waals surface area contributed by atoms with Crippen molar-refractivity contribution in [2.75, 3.05) is 19.6 Å². The van der Waals surface area contributed by atoms with Gasteiger partial charge in [0.1, 0.15) is 0 Å². The van der Waals surface area contributed by atoms with E-state index < -0.39 is 0 Å². The summed E-state index contributed by atoms with van der Waals surface area (Å²) in [6, 6.07) is 0.419. The SMILES string of the molecule is CCN(CC)CC(C)NC1=CC(=O)CC1. The average molecular weight is 210 g/mol. The molecule has 0 fully saturated rings. The Hall–Kier alpha value is -0.830. The Kier molecular flexibility index (Phi) is 4.82. The Bertz CT molecular complexity index is 244. The summed E-state index contributed by atoms with van der Waals surface area (Å²) in [6.45, 7) is 9.73. The second-order valence-corrected chi connectivity index (χ2v) is 4.17. The molecule has 0 radical (unpaired) electrons. The molecule has 0 aromatic heterocycles. The van der Waals surface area contributed by atoms with Crippen LogP contribution < -0.4 is 5.32 Å². The molecule has 3 nitrogen and oxygen atoms in total. The summed E-state index contributed by atoms with van der Waals surface area (Å²) in [7, 11) is 0. The van der Waals surface area contributed by atoms with Crippen LogP contribution >= 0.6 is 0 Å². The standard InChI is InChI=1S/C12H22N2O/c1-4-14(5-2)9-10(3)13-11-6-7-12(15)8-11/h8,10,13H,4-7,9H2,1-3H3. The molecule has 1 atom stereocenters. The van der Waals surface area contributed by atoms with E-state index in [1.165, 1.54) is 0 Å². The number of allylic oxidation sites excluding steroid dienone is 2. The summed E-state index contributed by atoms with van der Waals surface area (Å²) in [5.74, 6) is 0.257. The van der Waals surface area contributed by atoms with Crippen LogP contribution in [-0.2, 0) is 4.79 Å². The molecule has 1 rings (SSSR count). The molecule has 0 heterocycles. The number of carbonyl (C=O) groups excluding carboxylic acids is 1. The lowest BCUT2D eigenvalue weighted by atomic mass is 10.2. The normalized spacial score (nSPS) is 18.1. The molecule has 0 bridgehead atoms. The van der Waals surface area contributed by atoms with E-state index in [0.29, 0.717) is 12.5 Å². The number of ketones is 1. The second-order valence-electron chi connectivity index (χ2n) is 4.17. The van der Waals surface area contributed by atoms with Gasteiger partial charge in [-0.15, -0.1) is 0 Å². The highest BCUT2D eigenvalue weighted by molar-refractivity contribution is 5.92. The predicted molar refractivity (Wildman–Crippen MR) is 62.7 cm³/mol. The van der Waals surface area contributed by atoms with Crippen molar-refractivity contribution in [3.63, 3.8) is 0 Å². The van der Waals surface area contributed by atoms with E-state index in [4.69, 9.17) is 0 Å². The molecule has 0 saturated carbocycles. The van der Waals surface area contributed by atoms with Gasteiger partial charge in [-0.1, -0.05) is 13.8 Å². The fraction of sp³-hybridized carbons (Fsp3) is 0.750. The maximum atomic E-state index is 11.0. The zero-order valence-electron chi connectivity index (χ0n) is 10.0. The number of likely N-dealkylation sites (N-methyl/N-ethyl adjacent to an activating group) is 1. The van der Waals surface area contributed by atoms with E-state index in [1.807, 2.05) is 0 Å². The summed E-state index contributed by atoms with van der Waals surface area (Å²) >= 11 is 0. The maximum absolute atomic E-state index is 11.0. The van der Waals surface area contributed by atoms with Crippen molar-refractivity contribution in [3.8, 4) is 0 Å². The minimum Gasteiger partial charge on any atom is -0.384 e. The summed E-state index contributed by atoms with van der Waals surface area (Å²) in [4.78, 5) is 13.4. The molecule has 1 unspecified atom stereocenters.